The van der Waals surface area contributed by atoms with Crippen LogP contribution in [-0.2, 0) is 28.2 Å². The maximum absolute atomic E-state index is 12.9. The van der Waals surface area contributed by atoms with Crippen molar-refractivity contribution in [1.82, 2.24) is 4.98 Å². The summed E-state index contributed by atoms with van der Waals surface area (Å²) in [6.45, 7) is 1.93. The number of halogens is 3. The van der Waals surface area contributed by atoms with Gasteiger partial charge in [-0.05, 0) is 35.7 Å². The van der Waals surface area contributed by atoms with Crippen LogP contribution in [0.3, 0.4) is 0 Å². The quantitative estimate of drug-likeness (QED) is 0.860. The van der Waals surface area contributed by atoms with Crippen molar-refractivity contribution >= 4 is 9.84 Å². The van der Waals surface area contributed by atoms with Gasteiger partial charge in [0.25, 0.3) is 0 Å². The zero-order chi connectivity index (χ0) is 16.4. The van der Waals surface area contributed by atoms with Gasteiger partial charge in [0, 0.05) is 6.20 Å². The molecule has 0 unspecified atom stereocenters. The van der Waals surface area contributed by atoms with E-state index in [0.29, 0.717) is 0 Å². The second-order valence-corrected chi connectivity index (χ2v) is 6.76. The normalized spacial score (nSPS) is 12.4. The van der Waals surface area contributed by atoms with Crippen LogP contribution >= 0.6 is 0 Å². The number of pyridine rings is 1. The topological polar surface area (TPSA) is 47.0 Å². The van der Waals surface area contributed by atoms with E-state index in [9.17, 15) is 21.6 Å². The third-order valence-corrected chi connectivity index (χ3v) is 4.88. The summed E-state index contributed by atoms with van der Waals surface area (Å²) in [5.41, 5.74) is -0.561. The molecule has 1 heterocycles. The van der Waals surface area contributed by atoms with Gasteiger partial charge in [-0.1, -0.05) is 25.1 Å². The molecule has 2 rings (SSSR count). The molecule has 0 aliphatic heterocycles. The summed E-state index contributed by atoms with van der Waals surface area (Å²) >= 11 is 0. The molecule has 0 fully saturated rings. The minimum absolute atomic E-state index is 0.00155. The molecule has 0 aliphatic rings. The first-order valence-corrected chi connectivity index (χ1v) is 8.22. The fourth-order valence-corrected chi connectivity index (χ4v) is 3.39. The summed E-state index contributed by atoms with van der Waals surface area (Å²) in [5.74, 6) is -0.735. The summed E-state index contributed by atoms with van der Waals surface area (Å²) < 4.78 is 63.2. The Balaban J connectivity index is 2.37. The van der Waals surface area contributed by atoms with Crippen LogP contribution in [0.4, 0.5) is 13.2 Å². The maximum Gasteiger partial charge on any atom is 0.433 e. The zero-order valence-electron chi connectivity index (χ0n) is 11.8. The molecule has 0 saturated heterocycles. The molecule has 0 bridgehead atoms. The van der Waals surface area contributed by atoms with E-state index in [0.717, 1.165) is 24.2 Å². The molecule has 2 aromatic rings. The fourth-order valence-electron chi connectivity index (χ4n) is 2.03. The molecule has 0 amide bonds. The highest BCUT2D eigenvalue weighted by molar-refractivity contribution is 7.90. The second-order valence-electron chi connectivity index (χ2n) is 4.77. The van der Waals surface area contributed by atoms with Gasteiger partial charge < -0.3 is 0 Å². The van der Waals surface area contributed by atoms with Crippen molar-refractivity contribution < 1.29 is 21.6 Å². The Hall–Kier alpha value is -1.89. The standard InChI is InChI=1S/C15H14F3NO2S/c1-2-11-5-7-13(8-6-11)22(20,21)10-12-4-3-9-19-14(12)15(16,17)18/h3-9H,2,10H2,1H3. The Kier molecular flexibility index (Phi) is 4.55. The summed E-state index contributed by atoms with van der Waals surface area (Å²) in [6.07, 6.45) is -2.94. The number of hydrogen-bond donors (Lipinski definition) is 0. The van der Waals surface area contributed by atoms with Crippen molar-refractivity contribution in [3.63, 3.8) is 0 Å². The smallest absolute Gasteiger partial charge is 0.251 e. The van der Waals surface area contributed by atoms with Crippen LogP contribution in [0.5, 0.6) is 0 Å². The molecule has 0 saturated carbocycles. The number of hydrogen-bond acceptors (Lipinski definition) is 3. The van der Waals surface area contributed by atoms with Crippen LogP contribution < -0.4 is 0 Å². The molecule has 0 aliphatic carbocycles. The number of aromatic nitrogens is 1. The van der Waals surface area contributed by atoms with E-state index in [1.807, 2.05) is 6.92 Å². The van der Waals surface area contributed by atoms with Gasteiger partial charge in [-0.15, -0.1) is 0 Å². The highest BCUT2D eigenvalue weighted by Crippen LogP contribution is 2.31. The van der Waals surface area contributed by atoms with Crippen molar-refractivity contribution in [2.45, 2.75) is 30.2 Å². The number of alkyl halides is 3. The van der Waals surface area contributed by atoms with Crippen molar-refractivity contribution in [3.05, 3.63) is 59.4 Å². The molecule has 1 aromatic heterocycles. The van der Waals surface area contributed by atoms with Gasteiger partial charge in [-0.3, -0.25) is 4.98 Å². The monoisotopic (exact) mass is 329 g/mol. The number of nitrogens with zero attached hydrogens (tertiary/aromatic N) is 1. The SMILES string of the molecule is CCc1ccc(S(=O)(=O)Cc2cccnc2C(F)(F)F)cc1. The summed E-state index contributed by atoms with van der Waals surface area (Å²) in [6, 6.07) is 8.56. The predicted octanol–water partition coefficient (Wildman–Crippen LogP) is 3.64. The first-order valence-electron chi connectivity index (χ1n) is 6.57. The number of sulfone groups is 1. The lowest BCUT2D eigenvalue weighted by molar-refractivity contribution is -0.141. The zero-order valence-corrected chi connectivity index (χ0v) is 12.6. The van der Waals surface area contributed by atoms with Crippen LogP contribution in [0.2, 0.25) is 0 Å². The van der Waals surface area contributed by atoms with E-state index in [-0.39, 0.29) is 10.5 Å². The second kappa shape index (κ2) is 6.08. The molecule has 0 spiro atoms. The molecule has 22 heavy (non-hydrogen) atoms. The Morgan fingerprint density at radius 2 is 1.73 bits per heavy atom. The van der Waals surface area contributed by atoms with Crippen molar-refractivity contribution in [1.29, 1.82) is 0 Å². The van der Waals surface area contributed by atoms with Gasteiger partial charge in [-0.25, -0.2) is 8.42 Å². The van der Waals surface area contributed by atoms with Gasteiger partial charge in [-0.2, -0.15) is 13.2 Å². The van der Waals surface area contributed by atoms with Gasteiger partial charge in [0.15, 0.2) is 9.84 Å². The summed E-state index contributed by atoms with van der Waals surface area (Å²) in [5, 5.41) is 0. The molecule has 118 valence electrons. The van der Waals surface area contributed by atoms with Crippen LogP contribution in [0.15, 0.2) is 47.5 Å². The summed E-state index contributed by atoms with van der Waals surface area (Å²) in [7, 11) is -3.86. The average molecular weight is 329 g/mol. The third-order valence-electron chi connectivity index (χ3n) is 3.20. The van der Waals surface area contributed by atoms with E-state index in [1.165, 1.54) is 18.2 Å². The first kappa shape index (κ1) is 16.5. The van der Waals surface area contributed by atoms with E-state index < -0.39 is 27.5 Å². The molecule has 1 aromatic carbocycles. The average Bonchev–Trinajstić information content (AvgIpc) is 2.46. The number of aryl methyl sites for hydroxylation is 1. The third kappa shape index (κ3) is 3.65. The van der Waals surface area contributed by atoms with E-state index in [2.05, 4.69) is 4.98 Å². The van der Waals surface area contributed by atoms with Gasteiger partial charge >= 0.3 is 6.18 Å². The lowest BCUT2D eigenvalue weighted by Crippen LogP contribution is -2.15. The van der Waals surface area contributed by atoms with Gasteiger partial charge in [0.1, 0.15) is 5.69 Å². The molecular weight excluding hydrogens is 315 g/mol. The molecule has 3 nitrogen and oxygen atoms in total. The minimum atomic E-state index is -4.68. The van der Waals surface area contributed by atoms with Crippen molar-refractivity contribution in [3.8, 4) is 0 Å². The van der Waals surface area contributed by atoms with Gasteiger partial charge in [0.2, 0.25) is 0 Å². The molecule has 7 heteroatoms. The van der Waals surface area contributed by atoms with E-state index >= 15 is 0 Å². The molecule has 0 radical (unpaired) electrons. The summed E-state index contributed by atoms with van der Waals surface area (Å²) in [4.78, 5) is 3.27. The lowest BCUT2D eigenvalue weighted by atomic mass is 10.2. The van der Waals surface area contributed by atoms with E-state index in [4.69, 9.17) is 0 Å². The predicted molar refractivity (Wildman–Crippen MR) is 75.9 cm³/mol. The minimum Gasteiger partial charge on any atom is -0.251 e. The van der Waals surface area contributed by atoms with Crippen LogP contribution in [0.25, 0.3) is 0 Å². The largest absolute Gasteiger partial charge is 0.433 e. The van der Waals surface area contributed by atoms with Crippen LogP contribution in [-0.4, -0.2) is 13.4 Å². The number of rotatable bonds is 4. The highest BCUT2D eigenvalue weighted by Gasteiger charge is 2.36. The Morgan fingerprint density at radius 1 is 1.09 bits per heavy atom. The highest BCUT2D eigenvalue weighted by atomic mass is 32.2. The van der Waals surface area contributed by atoms with E-state index in [1.54, 1.807) is 12.1 Å². The van der Waals surface area contributed by atoms with Crippen LogP contribution in [0.1, 0.15) is 23.7 Å². The van der Waals surface area contributed by atoms with Crippen LogP contribution in [0, 0.1) is 0 Å². The molecular formula is C15H14F3NO2S. The maximum atomic E-state index is 12.9. The Labute approximate surface area is 126 Å². The lowest BCUT2D eigenvalue weighted by Gasteiger charge is -2.12. The Bertz CT molecular complexity index is 753. The Morgan fingerprint density at radius 3 is 2.27 bits per heavy atom. The molecule has 0 N–H and O–H groups in total. The van der Waals surface area contributed by atoms with Crippen molar-refractivity contribution in [2.24, 2.45) is 0 Å². The number of benzene rings is 1. The molecule has 0 atom stereocenters. The first-order chi connectivity index (χ1) is 10.2. The fraction of sp³-hybridized carbons (Fsp3) is 0.267. The van der Waals surface area contributed by atoms with Crippen molar-refractivity contribution in [2.75, 3.05) is 0 Å². The van der Waals surface area contributed by atoms with Gasteiger partial charge in [0.05, 0.1) is 10.6 Å².